The lowest BCUT2D eigenvalue weighted by atomic mass is 10.1. The standard InChI is InChI=1S/C30H54BrN/c1-3-5-7-9-11-13-15-17-19-21-27-32(30-25-23-29(31)24-26-30)28-22-20-18-16-14-12-10-8-6-4-2/h23-26H,3-22,27-28H2,1-2H3. The molecule has 0 amide bonds. The Morgan fingerprint density at radius 3 is 1.12 bits per heavy atom. The van der Waals surface area contributed by atoms with E-state index in [2.05, 4.69) is 58.9 Å². The van der Waals surface area contributed by atoms with Gasteiger partial charge in [0.2, 0.25) is 0 Å². The molecule has 0 aliphatic rings. The maximum absolute atomic E-state index is 3.59. The number of hydrogen-bond donors (Lipinski definition) is 0. The second-order valence-electron chi connectivity index (χ2n) is 9.83. The van der Waals surface area contributed by atoms with Crippen LogP contribution >= 0.6 is 15.9 Å². The lowest BCUT2D eigenvalue weighted by Gasteiger charge is -2.25. The van der Waals surface area contributed by atoms with Gasteiger partial charge in [-0.05, 0) is 37.1 Å². The van der Waals surface area contributed by atoms with Gasteiger partial charge in [0, 0.05) is 23.2 Å². The fraction of sp³-hybridized carbons (Fsp3) is 0.800. The van der Waals surface area contributed by atoms with E-state index in [1.54, 1.807) is 0 Å². The molecule has 0 N–H and O–H groups in total. The molecule has 0 aliphatic heterocycles. The molecule has 0 unspecified atom stereocenters. The number of hydrogen-bond acceptors (Lipinski definition) is 1. The molecule has 1 aromatic carbocycles. The quantitative estimate of drug-likeness (QED) is 0.133. The van der Waals surface area contributed by atoms with Crippen molar-refractivity contribution >= 4 is 21.6 Å². The molecule has 0 bridgehead atoms. The predicted octanol–water partition coefficient (Wildman–Crippen LogP) is 11.1. The molecule has 1 rings (SSSR count). The van der Waals surface area contributed by atoms with Crippen LogP contribution in [0.2, 0.25) is 0 Å². The topological polar surface area (TPSA) is 3.24 Å². The van der Waals surface area contributed by atoms with Crippen molar-refractivity contribution in [3.8, 4) is 0 Å². The number of unbranched alkanes of at least 4 members (excludes halogenated alkanes) is 18. The zero-order chi connectivity index (χ0) is 23.1. The molecule has 0 spiro atoms. The first-order chi connectivity index (χ1) is 15.8. The maximum atomic E-state index is 3.59. The average Bonchev–Trinajstić information content (AvgIpc) is 2.80. The van der Waals surface area contributed by atoms with Crippen LogP contribution in [0, 0.1) is 0 Å². The van der Waals surface area contributed by atoms with Crippen LogP contribution in [0.4, 0.5) is 5.69 Å². The molecule has 32 heavy (non-hydrogen) atoms. The molecule has 0 saturated heterocycles. The Morgan fingerprint density at radius 2 is 0.781 bits per heavy atom. The lowest BCUT2D eigenvalue weighted by molar-refractivity contribution is 0.543. The van der Waals surface area contributed by atoms with E-state index in [4.69, 9.17) is 0 Å². The molecule has 2 heteroatoms. The van der Waals surface area contributed by atoms with Crippen LogP contribution in [-0.4, -0.2) is 13.1 Å². The summed E-state index contributed by atoms with van der Waals surface area (Å²) in [4.78, 5) is 2.64. The van der Waals surface area contributed by atoms with E-state index in [-0.39, 0.29) is 0 Å². The maximum Gasteiger partial charge on any atom is 0.0366 e. The molecular weight excluding hydrogens is 454 g/mol. The van der Waals surface area contributed by atoms with Gasteiger partial charge < -0.3 is 4.90 Å². The minimum atomic E-state index is 1.18. The van der Waals surface area contributed by atoms with Gasteiger partial charge in [0.05, 0.1) is 0 Å². The van der Waals surface area contributed by atoms with E-state index in [9.17, 15) is 0 Å². The molecule has 0 fully saturated rings. The van der Waals surface area contributed by atoms with Crippen molar-refractivity contribution in [1.82, 2.24) is 0 Å². The largest absolute Gasteiger partial charge is 0.372 e. The normalized spacial score (nSPS) is 11.2. The van der Waals surface area contributed by atoms with Crippen molar-refractivity contribution < 1.29 is 0 Å². The third kappa shape index (κ3) is 17.0. The van der Waals surface area contributed by atoms with Gasteiger partial charge in [-0.2, -0.15) is 0 Å². The Morgan fingerprint density at radius 1 is 0.469 bits per heavy atom. The van der Waals surface area contributed by atoms with Crippen LogP contribution in [0.25, 0.3) is 0 Å². The summed E-state index contributed by atoms with van der Waals surface area (Å²) in [5, 5.41) is 0. The first kappa shape index (κ1) is 29.5. The van der Waals surface area contributed by atoms with Gasteiger partial charge >= 0.3 is 0 Å². The van der Waals surface area contributed by atoms with Crippen LogP contribution < -0.4 is 4.90 Å². The second-order valence-corrected chi connectivity index (χ2v) is 10.7. The highest BCUT2D eigenvalue weighted by molar-refractivity contribution is 9.10. The van der Waals surface area contributed by atoms with E-state index in [1.165, 1.54) is 152 Å². The van der Waals surface area contributed by atoms with Crippen molar-refractivity contribution in [3.63, 3.8) is 0 Å². The summed E-state index contributed by atoms with van der Waals surface area (Å²) in [7, 11) is 0. The summed E-state index contributed by atoms with van der Waals surface area (Å²) in [6.45, 7) is 7.03. The SMILES string of the molecule is CCCCCCCCCCCCN(CCCCCCCCCCCC)c1ccc(Br)cc1. The van der Waals surface area contributed by atoms with Crippen LogP contribution in [0.1, 0.15) is 142 Å². The summed E-state index contributed by atoms with van der Waals surface area (Å²) in [5.74, 6) is 0. The molecule has 0 atom stereocenters. The van der Waals surface area contributed by atoms with Crippen molar-refractivity contribution in [2.24, 2.45) is 0 Å². The Kier molecular flexibility index (Phi) is 20.6. The minimum Gasteiger partial charge on any atom is -0.372 e. The van der Waals surface area contributed by atoms with Crippen LogP contribution in [-0.2, 0) is 0 Å². The van der Waals surface area contributed by atoms with Gasteiger partial charge in [-0.1, -0.05) is 145 Å². The highest BCUT2D eigenvalue weighted by Gasteiger charge is 2.06. The number of anilines is 1. The zero-order valence-corrected chi connectivity index (χ0v) is 23.3. The van der Waals surface area contributed by atoms with Gasteiger partial charge in [-0.3, -0.25) is 0 Å². The summed E-state index contributed by atoms with van der Waals surface area (Å²) in [6, 6.07) is 8.96. The summed E-state index contributed by atoms with van der Waals surface area (Å²) < 4.78 is 1.18. The average molecular weight is 509 g/mol. The fourth-order valence-electron chi connectivity index (χ4n) is 4.60. The van der Waals surface area contributed by atoms with Crippen LogP contribution in [0.3, 0.4) is 0 Å². The zero-order valence-electron chi connectivity index (χ0n) is 21.7. The first-order valence-corrected chi connectivity index (χ1v) is 15.1. The van der Waals surface area contributed by atoms with Gasteiger partial charge in [-0.25, -0.2) is 0 Å². The lowest BCUT2D eigenvalue weighted by Crippen LogP contribution is -2.25. The molecule has 0 aromatic heterocycles. The number of halogens is 1. The molecule has 0 saturated carbocycles. The Bertz CT molecular complexity index is 474. The van der Waals surface area contributed by atoms with E-state index >= 15 is 0 Å². The third-order valence-corrected chi connectivity index (χ3v) is 7.28. The predicted molar refractivity (Wildman–Crippen MR) is 150 cm³/mol. The molecule has 0 heterocycles. The highest BCUT2D eigenvalue weighted by atomic mass is 79.9. The Balaban J connectivity index is 2.16. The number of nitrogens with zero attached hydrogens (tertiary/aromatic N) is 1. The van der Waals surface area contributed by atoms with Crippen LogP contribution in [0.15, 0.2) is 28.7 Å². The minimum absolute atomic E-state index is 1.18. The number of benzene rings is 1. The fourth-order valence-corrected chi connectivity index (χ4v) is 4.87. The molecule has 1 aromatic rings. The molecule has 0 aliphatic carbocycles. The first-order valence-electron chi connectivity index (χ1n) is 14.3. The van der Waals surface area contributed by atoms with Crippen molar-refractivity contribution in [1.29, 1.82) is 0 Å². The Labute approximate surface area is 210 Å². The van der Waals surface area contributed by atoms with Gasteiger partial charge in [0.25, 0.3) is 0 Å². The Hall–Kier alpha value is -0.500. The number of rotatable bonds is 23. The third-order valence-electron chi connectivity index (χ3n) is 6.75. The molecule has 0 radical (unpaired) electrons. The summed E-state index contributed by atoms with van der Waals surface area (Å²) in [5.41, 5.74) is 1.40. The van der Waals surface area contributed by atoms with E-state index < -0.39 is 0 Å². The van der Waals surface area contributed by atoms with E-state index in [1.807, 2.05) is 0 Å². The van der Waals surface area contributed by atoms with Gasteiger partial charge in [-0.15, -0.1) is 0 Å². The molecule has 1 nitrogen and oxygen atoms in total. The monoisotopic (exact) mass is 507 g/mol. The van der Waals surface area contributed by atoms with Crippen molar-refractivity contribution in [2.45, 2.75) is 142 Å². The smallest absolute Gasteiger partial charge is 0.0366 e. The second kappa shape index (κ2) is 22.3. The highest BCUT2D eigenvalue weighted by Crippen LogP contribution is 2.21. The molecule has 186 valence electrons. The van der Waals surface area contributed by atoms with Gasteiger partial charge in [0.15, 0.2) is 0 Å². The van der Waals surface area contributed by atoms with Crippen LogP contribution in [0.5, 0.6) is 0 Å². The summed E-state index contributed by atoms with van der Waals surface area (Å²) in [6.07, 6.45) is 28.3. The molecular formula is C30H54BrN. The van der Waals surface area contributed by atoms with Crippen molar-refractivity contribution in [2.75, 3.05) is 18.0 Å². The van der Waals surface area contributed by atoms with Gasteiger partial charge in [0.1, 0.15) is 0 Å². The van der Waals surface area contributed by atoms with E-state index in [0.717, 1.165) is 0 Å². The van der Waals surface area contributed by atoms with Crippen molar-refractivity contribution in [3.05, 3.63) is 28.7 Å². The van der Waals surface area contributed by atoms with E-state index in [0.29, 0.717) is 0 Å². The summed E-state index contributed by atoms with van der Waals surface area (Å²) >= 11 is 3.59.